The summed E-state index contributed by atoms with van der Waals surface area (Å²) in [5.74, 6) is -0.280. The molecule has 2 aliphatic carbocycles. The molecule has 0 radical (unpaired) electrons. The van der Waals surface area contributed by atoms with E-state index in [4.69, 9.17) is 5.21 Å². The van der Waals surface area contributed by atoms with Crippen LogP contribution in [0.3, 0.4) is 0 Å². The van der Waals surface area contributed by atoms with Gasteiger partial charge in [-0.3, -0.25) is 4.79 Å². The molecule has 2 bridgehead atoms. The molecule has 1 heterocycles. The van der Waals surface area contributed by atoms with Gasteiger partial charge >= 0.3 is 0 Å². The number of hydroxylamine groups is 2. The highest BCUT2D eigenvalue weighted by molar-refractivity contribution is 7.85. The van der Waals surface area contributed by atoms with Gasteiger partial charge in [0.05, 0.1) is 15.9 Å². The molecule has 2 atom stereocenters. The Morgan fingerprint density at radius 3 is 2.18 bits per heavy atom. The number of nitrogens with one attached hydrogen (secondary N) is 1. The van der Waals surface area contributed by atoms with Gasteiger partial charge in [-0.15, -0.1) is 0 Å². The van der Waals surface area contributed by atoms with Gasteiger partial charge in [0.2, 0.25) is 0 Å². The Kier molecular flexibility index (Phi) is 5.02. The second-order valence-electron chi connectivity index (χ2n) is 7.50. The summed E-state index contributed by atoms with van der Waals surface area (Å²) in [6.07, 6.45) is 5.59. The zero-order valence-corrected chi connectivity index (χ0v) is 14.2. The number of hydrogen-bond donors (Lipinski definition) is 2. The van der Waals surface area contributed by atoms with E-state index in [1.807, 2.05) is 13.8 Å². The van der Waals surface area contributed by atoms with Gasteiger partial charge in [-0.05, 0) is 43.4 Å². The van der Waals surface area contributed by atoms with Crippen LogP contribution in [0.2, 0.25) is 0 Å². The predicted molar refractivity (Wildman–Crippen MR) is 79.5 cm³/mol. The maximum absolute atomic E-state index is 11.8. The molecule has 0 spiro atoms. The van der Waals surface area contributed by atoms with Crippen LogP contribution in [-0.4, -0.2) is 42.8 Å². The molecule has 22 heavy (non-hydrogen) atoms. The van der Waals surface area contributed by atoms with Crippen molar-refractivity contribution in [3.05, 3.63) is 0 Å². The molecule has 7 heteroatoms. The second kappa shape index (κ2) is 6.19. The SMILES string of the molecule is CC1(C)C2CC[C@@]1(CS(=O)(=O)[O-])C(=O)C2.O[NH+]1CCCCC1. The molecular weight excluding hydrogens is 306 g/mol. The highest BCUT2D eigenvalue weighted by atomic mass is 32.2. The van der Waals surface area contributed by atoms with E-state index in [1.165, 1.54) is 19.3 Å². The predicted octanol–water partition coefficient (Wildman–Crippen LogP) is 0.371. The molecule has 6 nitrogen and oxygen atoms in total. The number of fused-ring (bicyclic) bond motifs is 2. The van der Waals surface area contributed by atoms with Crippen LogP contribution in [0.15, 0.2) is 0 Å². The summed E-state index contributed by atoms with van der Waals surface area (Å²) in [6.45, 7) is 5.75. The van der Waals surface area contributed by atoms with Crippen LogP contribution in [0.4, 0.5) is 0 Å². The fourth-order valence-corrected chi connectivity index (χ4v) is 5.65. The number of ketones is 1. The largest absolute Gasteiger partial charge is 0.748 e. The molecular formula is C15H27NO5S. The van der Waals surface area contributed by atoms with Gasteiger partial charge in [0, 0.05) is 11.8 Å². The van der Waals surface area contributed by atoms with Gasteiger partial charge in [0.15, 0.2) is 0 Å². The number of rotatable bonds is 2. The Morgan fingerprint density at radius 2 is 1.86 bits per heavy atom. The van der Waals surface area contributed by atoms with Gasteiger partial charge in [-0.1, -0.05) is 13.8 Å². The van der Waals surface area contributed by atoms with Gasteiger partial charge in [0.25, 0.3) is 0 Å². The molecule has 0 amide bonds. The highest BCUT2D eigenvalue weighted by Gasteiger charge is 2.64. The minimum absolute atomic E-state index is 0.0248. The van der Waals surface area contributed by atoms with Crippen LogP contribution in [0.25, 0.3) is 0 Å². The van der Waals surface area contributed by atoms with Crippen LogP contribution in [0, 0.1) is 16.7 Å². The van der Waals surface area contributed by atoms with E-state index < -0.39 is 21.3 Å². The monoisotopic (exact) mass is 333 g/mol. The summed E-state index contributed by atoms with van der Waals surface area (Å²) in [4.78, 5) is 11.8. The molecule has 1 saturated heterocycles. The molecule has 1 unspecified atom stereocenters. The standard InChI is InChI=1S/C10H16O4S.C5H11NO/c1-9(2)7-3-4-10(9,8(11)5-7)6-15(12,13)14;7-6-4-2-1-3-5-6/h7H,3-6H2,1-2H3,(H,12,13,14);7H,1-5H2/t7?,10-;/m1./s1. The lowest BCUT2D eigenvalue weighted by molar-refractivity contribution is -1.09. The van der Waals surface area contributed by atoms with Crippen LogP contribution < -0.4 is 5.06 Å². The lowest BCUT2D eigenvalue weighted by atomic mass is 9.70. The van der Waals surface area contributed by atoms with E-state index in [0.29, 0.717) is 17.9 Å². The minimum Gasteiger partial charge on any atom is -0.748 e. The Morgan fingerprint density at radius 1 is 1.27 bits per heavy atom. The van der Waals surface area contributed by atoms with E-state index in [0.717, 1.165) is 19.5 Å². The van der Waals surface area contributed by atoms with Crippen molar-refractivity contribution >= 4 is 15.9 Å². The lowest BCUT2D eigenvalue weighted by Gasteiger charge is -2.37. The molecule has 3 fully saturated rings. The minimum atomic E-state index is -4.33. The van der Waals surface area contributed by atoms with E-state index in [1.54, 1.807) is 0 Å². The average molecular weight is 333 g/mol. The molecule has 0 aromatic rings. The van der Waals surface area contributed by atoms with E-state index in [-0.39, 0.29) is 17.1 Å². The molecule has 128 valence electrons. The fraction of sp³-hybridized carbons (Fsp3) is 0.933. The first-order valence-electron chi connectivity index (χ1n) is 8.09. The zero-order chi connectivity index (χ0) is 16.6. The van der Waals surface area contributed by atoms with Crippen LogP contribution in [-0.2, 0) is 14.9 Å². The van der Waals surface area contributed by atoms with Crippen molar-refractivity contribution in [1.82, 2.24) is 0 Å². The average Bonchev–Trinajstić information content (AvgIpc) is 2.72. The quantitative estimate of drug-likeness (QED) is 0.712. The van der Waals surface area contributed by atoms with Crippen molar-refractivity contribution in [2.45, 2.75) is 52.4 Å². The molecule has 3 rings (SSSR count). The van der Waals surface area contributed by atoms with Crippen molar-refractivity contribution < 1.29 is 28.0 Å². The summed E-state index contributed by atoms with van der Waals surface area (Å²) >= 11 is 0. The Bertz CT molecular complexity index is 524. The third-order valence-corrected chi connectivity index (χ3v) is 6.84. The van der Waals surface area contributed by atoms with Crippen molar-refractivity contribution in [2.75, 3.05) is 18.8 Å². The van der Waals surface area contributed by atoms with Crippen LogP contribution >= 0.6 is 0 Å². The normalized spacial score (nSPS) is 34.4. The van der Waals surface area contributed by atoms with Crippen molar-refractivity contribution in [3.8, 4) is 0 Å². The first kappa shape index (κ1) is 17.8. The smallest absolute Gasteiger partial charge is 0.140 e. The number of carbonyl (C=O) groups is 1. The van der Waals surface area contributed by atoms with Crippen molar-refractivity contribution in [1.29, 1.82) is 0 Å². The number of hydrogen-bond acceptors (Lipinski definition) is 5. The Balaban J connectivity index is 0.000000211. The topological polar surface area (TPSA) is 98.9 Å². The van der Waals surface area contributed by atoms with E-state index >= 15 is 0 Å². The van der Waals surface area contributed by atoms with Crippen LogP contribution in [0.5, 0.6) is 0 Å². The van der Waals surface area contributed by atoms with Crippen LogP contribution in [0.1, 0.15) is 52.4 Å². The number of carbonyl (C=O) groups excluding carboxylic acids is 1. The molecule has 2 N–H and O–H groups in total. The third kappa shape index (κ3) is 3.37. The maximum atomic E-state index is 11.8. The molecule has 0 aromatic carbocycles. The zero-order valence-electron chi connectivity index (χ0n) is 13.4. The summed E-state index contributed by atoms with van der Waals surface area (Å²) in [7, 11) is -4.33. The fourth-order valence-electron chi connectivity index (χ4n) is 4.37. The van der Waals surface area contributed by atoms with Gasteiger partial charge in [0.1, 0.15) is 18.9 Å². The van der Waals surface area contributed by atoms with E-state index in [2.05, 4.69) is 0 Å². The summed E-state index contributed by atoms with van der Waals surface area (Å²) in [5, 5.41) is 9.54. The molecule has 3 aliphatic rings. The van der Waals surface area contributed by atoms with Gasteiger partial charge in [-0.2, -0.15) is 5.06 Å². The van der Waals surface area contributed by atoms with Gasteiger partial charge in [-0.25, -0.2) is 13.6 Å². The third-order valence-electron chi connectivity index (χ3n) is 5.99. The van der Waals surface area contributed by atoms with Gasteiger partial charge < -0.3 is 4.55 Å². The highest BCUT2D eigenvalue weighted by Crippen LogP contribution is 2.64. The van der Waals surface area contributed by atoms with Crippen molar-refractivity contribution in [3.63, 3.8) is 0 Å². The Hall–Kier alpha value is -0.500. The summed E-state index contributed by atoms with van der Waals surface area (Å²) < 4.78 is 32.7. The molecule has 2 saturated carbocycles. The number of piperidine rings is 1. The molecule has 0 aromatic heterocycles. The van der Waals surface area contributed by atoms with E-state index in [9.17, 15) is 17.8 Å². The first-order chi connectivity index (χ1) is 10.1. The number of quaternary nitrogens is 1. The maximum Gasteiger partial charge on any atom is 0.140 e. The Labute approximate surface area is 132 Å². The van der Waals surface area contributed by atoms with Crippen molar-refractivity contribution in [2.24, 2.45) is 16.7 Å². The lowest BCUT2D eigenvalue weighted by Crippen LogP contribution is -3.10. The second-order valence-corrected chi connectivity index (χ2v) is 8.90. The first-order valence-corrected chi connectivity index (χ1v) is 9.67. The summed E-state index contributed by atoms with van der Waals surface area (Å²) in [6, 6.07) is 0. The molecule has 1 aliphatic heterocycles. The summed E-state index contributed by atoms with van der Waals surface area (Å²) in [5.41, 5.74) is -1.22. The number of Topliss-reactive ketones (excluding diaryl/α,β-unsaturated/α-hetero) is 1.